The van der Waals surface area contributed by atoms with Crippen molar-refractivity contribution in [2.24, 2.45) is 5.41 Å². The monoisotopic (exact) mass is 600 g/mol. The van der Waals surface area contributed by atoms with Crippen molar-refractivity contribution in [2.75, 3.05) is 0 Å². The molecule has 1 aliphatic carbocycles. The number of fused-ring (bicyclic) bond motifs is 3. The van der Waals surface area contributed by atoms with Crippen LogP contribution in [0.1, 0.15) is 93.7 Å². The summed E-state index contributed by atoms with van der Waals surface area (Å²) in [5.74, 6) is 0. The topological polar surface area (TPSA) is 0 Å². The number of benzene rings is 2. The molecule has 0 bridgehead atoms. The first-order chi connectivity index (χ1) is 15.5. The summed E-state index contributed by atoms with van der Waals surface area (Å²) in [6.45, 7) is 24.6. The molecule has 3 aromatic carbocycles. The van der Waals surface area contributed by atoms with E-state index < -0.39 is 0 Å². The third-order valence-electron chi connectivity index (χ3n) is 6.00. The molecular weight excluding hydrogens is 558 g/mol. The van der Waals surface area contributed by atoms with E-state index in [0.29, 0.717) is 5.41 Å². The van der Waals surface area contributed by atoms with E-state index in [0.717, 1.165) is 6.42 Å². The Balaban J connectivity index is 0.000000686. The van der Waals surface area contributed by atoms with Crippen LogP contribution in [-0.2, 0) is 35.1 Å². The Bertz CT molecular complexity index is 1130. The molecule has 0 saturated carbocycles. The Labute approximate surface area is 248 Å². The summed E-state index contributed by atoms with van der Waals surface area (Å²) in [6.07, 6.45) is 8.50. The smallest absolute Gasteiger partial charge is 1.00 e. The molecule has 0 heterocycles. The molecule has 0 spiro atoms. The Morgan fingerprint density at radius 2 is 1.11 bits per heavy atom. The summed E-state index contributed by atoms with van der Waals surface area (Å²) < 4.78 is 1.51. The predicted molar refractivity (Wildman–Crippen MR) is 151 cm³/mol. The van der Waals surface area contributed by atoms with Crippen molar-refractivity contribution in [2.45, 2.75) is 93.4 Å². The van der Waals surface area contributed by atoms with Gasteiger partial charge in [0.1, 0.15) is 0 Å². The Morgan fingerprint density at radius 1 is 0.722 bits per heavy atom. The normalized spacial score (nSPS) is 13.1. The van der Waals surface area contributed by atoms with Crippen molar-refractivity contribution in [1.82, 2.24) is 0 Å². The van der Waals surface area contributed by atoms with Crippen LogP contribution in [0.3, 0.4) is 0 Å². The van der Waals surface area contributed by atoms with Gasteiger partial charge in [0.15, 0.2) is 0 Å². The second-order valence-electron chi connectivity index (χ2n) is 12.7. The van der Waals surface area contributed by atoms with E-state index in [1.54, 1.807) is 24.2 Å². The van der Waals surface area contributed by atoms with Crippen LogP contribution in [0.2, 0.25) is 0 Å². The van der Waals surface area contributed by atoms with Gasteiger partial charge >= 0.3 is 41.3 Å². The third kappa shape index (κ3) is 10.1. The second kappa shape index (κ2) is 13.8. The van der Waals surface area contributed by atoms with Gasteiger partial charge in [0.2, 0.25) is 0 Å². The minimum atomic E-state index is 0. The molecule has 3 aromatic rings. The van der Waals surface area contributed by atoms with Gasteiger partial charge in [-0.15, -0.1) is 46.2 Å². The molecule has 0 saturated heterocycles. The maximum atomic E-state index is 3.16. The van der Waals surface area contributed by atoms with Crippen LogP contribution in [0, 0.1) is 11.5 Å². The average Bonchev–Trinajstić information content (AvgIpc) is 3.33. The number of hydrogen-bond acceptors (Lipinski definition) is 0. The number of halogens is 2. The Morgan fingerprint density at radius 3 is 1.36 bits per heavy atom. The molecule has 0 aliphatic heterocycles. The van der Waals surface area contributed by atoms with Crippen molar-refractivity contribution in [3.05, 3.63) is 77.4 Å². The van der Waals surface area contributed by atoms with Crippen LogP contribution in [-0.4, -0.2) is 3.21 Å². The molecule has 1 aliphatic rings. The van der Waals surface area contributed by atoms with Gasteiger partial charge in [-0.1, -0.05) is 103 Å². The van der Waals surface area contributed by atoms with Crippen LogP contribution in [0.15, 0.2) is 60.2 Å². The largest absolute Gasteiger partial charge is 1.00 e. The summed E-state index contributed by atoms with van der Waals surface area (Å²) in [4.78, 5) is 0. The molecule has 0 unspecified atom stereocenters. The van der Waals surface area contributed by atoms with Crippen molar-refractivity contribution >= 4 is 24.8 Å². The van der Waals surface area contributed by atoms with E-state index in [1.165, 1.54) is 41.5 Å². The molecule has 0 N–H and O–H groups in total. The van der Waals surface area contributed by atoms with E-state index >= 15 is 0 Å². The zero-order valence-electron chi connectivity index (χ0n) is 24.2. The Kier molecular flexibility index (Phi) is 13.4. The number of rotatable bonds is 0. The van der Waals surface area contributed by atoms with Crippen molar-refractivity contribution in [3.63, 3.8) is 0 Å². The Hall–Kier alpha value is -0.877. The van der Waals surface area contributed by atoms with Gasteiger partial charge in [-0.3, -0.25) is 6.08 Å². The van der Waals surface area contributed by atoms with E-state index in [4.69, 9.17) is 0 Å². The first kappa shape index (κ1) is 35.1. The second-order valence-corrected chi connectivity index (χ2v) is 15.2. The van der Waals surface area contributed by atoms with Crippen LogP contribution in [0.4, 0.5) is 0 Å². The summed E-state index contributed by atoms with van der Waals surface area (Å²) in [5, 5.41) is 5.48. The van der Waals surface area contributed by atoms with Crippen LogP contribution in [0.5, 0.6) is 0 Å². The first-order valence-corrected chi connectivity index (χ1v) is 13.7. The van der Waals surface area contributed by atoms with E-state index in [2.05, 4.69) is 137 Å². The molecular formula is C33H44Cl2Zr-2. The molecule has 4 rings (SSSR count). The SMILES string of the molecule is CC(C)(C)C1=CC[C-]=C1.CC(C)(C)c1ccc2c(c1)[cH-]c1cc(C(C)(C)C)ccc12.C[C](C)=[Zr+2].[Cl-].[Cl-]. The van der Waals surface area contributed by atoms with Gasteiger partial charge in [-0.2, -0.15) is 11.6 Å². The van der Waals surface area contributed by atoms with E-state index in [1.807, 2.05) is 0 Å². The summed E-state index contributed by atoms with van der Waals surface area (Å²) in [6, 6.07) is 16.2. The summed E-state index contributed by atoms with van der Waals surface area (Å²) >= 11 is 1.55. The fourth-order valence-electron chi connectivity index (χ4n) is 3.87. The summed E-state index contributed by atoms with van der Waals surface area (Å²) in [5.41, 5.74) is 4.96. The molecule has 0 radical (unpaired) electrons. The van der Waals surface area contributed by atoms with Gasteiger partial charge in [0.05, 0.1) is 0 Å². The zero-order chi connectivity index (χ0) is 25.9. The van der Waals surface area contributed by atoms with Gasteiger partial charge in [-0.25, -0.2) is 6.08 Å². The van der Waals surface area contributed by atoms with E-state index in [-0.39, 0.29) is 35.6 Å². The standard InChI is InChI=1S/C21H25.C9H13.C3H6.2ClH.Zr/c1-20(2,3)16-7-9-18-14(12-16)11-15-13-17(21(4,5)6)8-10-19(15)18;1-9(2,3)8-6-4-5-7-8;1-3-2;;;/h7-13H,1-6H3;6-7H,4H2,1-3H3;1-2H3;2*1H;/q2*-1;;;;+2/p-2. The number of allylic oxidation sites excluding steroid dienone is 4. The maximum Gasteiger partial charge on any atom is -1.00 e. The first-order valence-electron chi connectivity index (χ1n) is 12.4. The fourth-order valence-corrected chi connectivity index (χ4v) is 3.87. The van der Waals surface area contributed by atoms with Gasteiger partial charge in [0.25, 0.3) is 0 Å². The van der Waals surface area contributed by atoms with Crippen LogP contribution >= 0.6 is 0 Å². The van der Waals surface area contributed by atoms with E-state index in [9.17, 15) is 0 Å². The summed E-state index contributed by atoms with van der Waals surface area (Å²) in [7, 11) is 0. The van der Waals surface area contributed by atoms with Crippen molar-refractivity contribution in [1.29, 1.82) is 0 Å². The minimum Gasteiger partial charge on any atom is -1.00 e. The van der Waals surface area contributed by atoms with Crippen molar-refractivity contribution < 1.29 is 49.0 Å². The molecule has 0 fully saturated rings. The quantitative estimate of drug-likeness (QED) is 0.344. The third-order valence-corrected chi connectivity index (χ3v) is 6.00. The van der Waals surface area contributed by atoms with Crippen molar-refractivity contribution in [3.8, 4) is 0 Å². The minimum absolute atomic E-state index is 0. The number of hydrogen-bond donors (Lipinski definition) is 0. The average molecular weight is 603 g/mol. The van der Waals surface area contributed by atoms with Crippen LogP contribution in [0.25, 0.3) is 21.5 Å². The molecule has 0 aromatic heterocycles. The maximum absolute atomic E-state index is 3.16. The van der Waals surface area contributed by atoms with Gasteiger partial charge < -0.3 is 24.8 Å². The van der Waals surface area contributed by atoms with Gasteiger partial charge in [-0.05, 0) is 10.8 Å². The predicted octanol–water partition coefficient (Wildman–Crippen LogP) is 3.78. The molecule has 3 heteroatoms. The molecule has 0 atom stereocenters. The fraction of sp³-hybridized carbons (Fsp3) is 0.455. The van der Waals surface area contributed by atoms with Gasteiger partial charge in [0, 0.05) is 0 Å². The molecule has 0 amide bonds. The van der Waals surface area contributed by atoms with Crippen LogP contribution < -0.4 is 24.8 Å². The molecule has 196 valence electrons. The molecule has 0 nitrogen and oxygen atoms in total. The molecule has 36 heavy (non-hydrogen) atoms. The zero-order valence-corrected chi connectivity index (χ0v) is 28.1.